The molecule has 19 heavy (non-hydrogen) atoms. The number of hydrogen-bond acceptors (Lipinski definition) is 3. The van der Waals surface area contributed by atoms with Crippen LogP contribution in [0, 0.1) is 0 Å². The van der Waals surface area contributed by atoms with Gasteiger partial charge in [0.15, 0.2) is 0 Å². The van der Waals surface area contributed by atoms with Crippen molar-refractivity contribution in [1.82, 2.24) is 9.88 Å². The Morgan fingerprint density at radius 3 is 3.00 bits per heavy atom. The number of nitrogens with one attached hydrogen (secondary N) is 1. The Morgan fingerprint density at radius 1 is 1.53 bits per heavy atom. The maximum absolute atomic E-state index is 12.5. The minimum Gasteiger partial charge on any atom is -0.370 e. The van der Waals surface area contributed by atoms with Crippen LogP contribution in [0.25, 0.3) is 0 Å². The Balaban J connectivity index is 2.23. The Kier molecular flexibility index (Phi) is 4.64. The molecule has 0 saturated carbocycles. The lowest BCUT2D eigenvalue weighted by Gasteiger charge is -2.24. The largest absolute Gasteiger partial charge is 0.370 e. The molecule has 4 nitrogen and oxygen atoms in total. The zero-order valence-corrected chi connectivity index (χ0v) is 12.2. The highest BCUT2D eigenvalue weighted by Gasteiger charge is 2.28. The molecule has 1 amide bonds. The highest BCUT2D eigenvalue weighted by atomic mass is 35.5. The van der Waals surface area contributed by atoms with Gasteiger partial charge < -0.3 is 10.2 Å². The molecular weight excluding hydrogens is 262 g/mol. The van der Waals surface area contributed by atoms with Crippen LogP contribution in [0.4, 0.5) is 5.82 Å². The van der Waals surface area contributed by atoms with Crippen molar-refractivity contribution < 1.29 is 4.79 Å². The van der Waals surface area contributed by atoms with Crippen LogP contribution >= 0.6 is 11.6 Å². The molecule has 1 atom stereocenters. The van der Waals surface area contributed by atoms with E-state index in [-0.39, 0.29) is 5.91 Å². The summed E-state index contributed by atoms with van der Waals surface area (Å²) in [5.41, 5.74) is 0.622. The van der Waals surface area contributed by atoms with Crippen molar-refractivity contribution in [2.24, 2.45) is 0 Å². The SMILES string of the molecule is CCNc1cc(C(=O)N2CCCC2CC)cc(Cl)n1. The molecule has 5 heteroatoms. The fraction of sp³-hybridized carbons (Fsp3) is 0.571. The van der Waals surface area contributed by atoms with E-state index in [1.165, 1.54) is 0 Å². The third-order valence-electron chi connectivity index (χ3n) is 3.51. The van der Waals surface area contributed by atoms with Gasteiger partial charge in [0.05, 0.1) is 0 Å². The number of halogens is 1. The standard InChI is InChI=1S/C14H20ClN3O/c1-3-11-6-5-7-18(11)14(19)10-8-12(15)17-13(9-10)16-4-2/h8-9,11H,3-7H2,1-2H3,(H,16,17). The number of likely N-dealkylation sites (tertiary alicyclic amines) is 1. The van der Waals surface area contributed by atoms with Crippen LogP contribution in [0.2, 0.25) is 5.15 Å². The van der Waals surface area contributed by atoms with Crippen LogP contribution < -0.4 is 5.32 Å². The van der Waals surface area contributed by atoms with Crippen molar-refractivity contribution in [1.29, 1.82) is 0 Å². The predicted molar refractivity (Wildman–Crippen MR) is 77.8 cm³/mol. The molecular formula is C14H20ClN3O. The third kappa shape index (κ3) is 3.18. The van der Waals surface area contributed by atoms with Gasteiger partial charge in [-0.1, -0.05) is 18.5 Å². The first kappa shape index (κ1) is 14.1. The van der Waals surface area contributed by atoms with Gasteiger partial charge in [-0.3, -0.25) is 4.79 Å². The quantitative estimate of drug-likeness (QED) is 0.862. The summed E-state index contributed by atoms with van der Waals surface area (Å²) in [4.78, 5) is 18.7. The third-order valence-corrected chi connectivity index (χ3v) is 3.70. The highest BCUT2D eigenvalue weighted by Crippen LogP contribution is 2.24. The van der Waals surface area contributed by atoms with E-state index in [2.05, 4.69) is 17.2 Å². The molecule has 104 valence electrons. The fourth-order valence-electron chi connectivity index (χ4n) is 2.59. The number of pyridine rings is 1. The first-order chi connectivity index (χ1) is 9.15. The van der Waals surface area contributed by atoms with Crippen LogP contribution in [0.1, 0.15) is 43.5 Å². The normalized spacial score (nSPS) is 18.7. The average Bonchev–Trinajstić information content (AvgIpc) is 2.85. The average molecular weight is 282 g/mol. The van der Waals surface area contributed by atoms with E-state index >= 15 is 0 Å². The van der Waals surface area contributed by atoms with Crippen molar-refractivity contribution in [2.45, 2.75) is 39.2 Å². The van der Waals surface area contributed by atoms with Crippen molar-refractivity contribution in [3.05, 3.63) is 22.8 Å². The molecule has 1 aliphatic heterocycles. The molecule has 0 radical (unpaired) electrons. The molecule has 0 bridgehead atoms. The summed E-state index contributed by atoms with van der Waals surface area (Å²) in [5, 5.41) is 3.45. The van der Waals surface area contributed by atoms with E-state index in [1.54, 1.807) is 12.1 Å². The van der Waals surface area contributed by atoms with Gasteiger partial charge in [-0.05, 0) is 38.3 Å². The predicted octanol–water partition coefficient (Wildman–Crippen LogP) is 3.18. The second kappa shape index (κ2) is 6.24. The van der Waals surface area contributed by atoms with Gasteiger partial charge >= 0.3 is 0 Å². The van der Waals surface area contributed by atoms with E-state index in [1.807, 2.05) is 11.8 Å². The summed E-state index contributed by atoms with van der Waals surface area (Å²) in [7, 11) is 0. The number of amides is 1. The lowest BCUT2D eigenvalue weighted by atomic mass is 10.1. The second-order valence-corrected chi connectivity index (χ2v) is 5.18. The van der Waals surface area contributed by atoms with Crippen molar-refractivity contribution in [3.8, 4) is 0 Å². The summed E-state index contributed by atoms with van der Waals surface area (Å²) in [5.74, 6) is 0.721. The Labute approximate surface area is 119 Å². The summed E-state index contributed by atoms with van der Waals surface area (Å²) in [6, 6.07) is 3.79. The van der Waals surface area contributed by atoms with Crippen molar-refractivity contribution in [2.75, 3.05) is 18.4 Å². The zero-order valence-electron chi connectivity index (χ0n) is 11.4. The number of rotatable bonds is 4. The molecule has 2 heterocycles. The Bertz CT molecular complexity index is 464. The molecule has 1 fully saturated rings. The van der Waals surface area contributed by atoms with Gasteiger partial charge in [-0.15, -0.1) is 0 Å². The first-order valence-corrected chi connectivity index (χ1v) is 7.26. The number of carbonyl (C=O) groups excluding carboxylic acids is 1. The lowest BCUT2D eigenvalue weighted by Crippen LogP contribution is -2.35. The van der Waals surface area contributed by atoms with Gasteiger partial charge in [-0.25, -0.2) is 4.98 Å². The van der Waals surface area contributed by atoms with Crippen LogP contribution in [0.3, 0.4) is 0 Å². The summed E-state index contributed by atoms with van der Waals surface area (Å²) in [6.45, 7) is 5.70. The van der Waals surface area contributed by atoms with Gasteiger partial charge in [0.1, 0.15) is 11.0 Å². The molecule has 1 N–H and O–H groups in total. The minimum absolute atomic E-state index is 0.0628. The summed E-state index contributed by atoms with van der Waals surface area (Å²) < 4.78 is 0. The van der Waals surface area contributed by atoms with E-state index in [0.29, 0.717) is 22.6 Å². The van der Waals surface area contributed by atoms with Crippen LogP contribution in [-0.2, 0) is 0 Å². The van der Waals surface area contributed by atoms with E-state index in [9.17, 15) is 4.79 Å². The molecule has 1 aromatic rings. The molecule has 0 aromatic carbocycles. The zero-order chi connectivity index (χ0) is 13.8. The van der Waals surface area contributed by atoms with Gasteiger partial charge in [0, 0.05) is 24.7 Å². The van der Waals surface area contributed by atoms with Gasteiger partial charge in [0.2, 0.25) is 0 Å². The highest BCUT2D eigenvalue weighted by molar-refractivity contribution is 6.29. The van der Waals surface area contributed by atoms with E-state index in [0.717, 1.165) is 32.4 Å². The molecule has 1 aromatic heterocycles. The van der Waals surface area contributed by atoms with Gasteiger partial charge in [-0.2, -0.15) is 0 Å². The number of nitrogens with zero attached hydrogens (tertiary/aromatic N) is 2. The Morgan fingerprint density at radius 2 is 2.32 bits per heavy atom. The molecule has 0 aliphatic carbocycles. The van der Waals surface area contributed by atoms with Crippen molar-refractivity contribution >= 4 is 23.3 Å². The maximum Gasteiger partial charge on any atom is 0.254 e. The summed E-state index contributed by atoms with van der Waals surface area (Å²) >= 11 is 5.98. The maximum atomic E-state index is 12.5. The monoisotopic (exact) mass is 281 g/mol. The molecule has 1 unspecified atom stereocenters. The lowest BCUT2D eigenvalue weighted by molar-refractivity contribution is 0.0733. The van der Waals surface area contributed by atoms with Gasteiger partial charge in [0.25, 0.3) is 5.91 Å². The first-order valence-electron chi connectivity index (χ1n) is 6.88. The number of hydrogen-bond donors (Lipinski definition) is 1. The minimum atomic E-state index is 0.0628. The van der Waals surface area contributed by atoms with Crippen LogP contribution in [-0.4, -0.2) is 34.9 Å². The smallest absolute Gasteiger partial charge is 0.254 e. The topological polar surface area (TPSA) is 45.2 Å². The Hall–Kier alpha value is -1.29. The van der Waals surface area contributed by atoms with E-state index < -0.39 is 0 Å². The fourth-order valence-corrected chi connectivity index (χ4v) is 2.79. The van der Waals surface area contributed by atoms with E-state index in [4.69, 9.17) is 11.6 Å². The number of carbonyl (C=O) groups is 1. The van der Waals surface area contributed by atoms with Crippen LogP contribution in [0.15, 0.2) is 12.1 Å². The summed E-state index contributed by atoms with van der Waals surface area (Å²) in [6.07, 6.45) is 3.19. The number of aromatic nitrogens is 1. The second-order valence-electron chi connectivity index (χ2n) is 4.80. The molecule has 1 aliphatic rings. The molecule has 2 rings (SSSR count). The number of anilines is 1. The molecule has 1 saturated heterocycles. The van der Waals surface area contributed by atoms with Crippen LogP contribution in [0.5, 0.6) is 0 Å². The van der Waals surface area contributed by atoms with Crippen molar-refractivity contribution in [3.63, 3.8) is 0 Å². The molecule has 0 spiro atoms.